The van der Waals surface area contributed by atoms with Crippen molar-refractivity contribution in [2.75, 3.05) is 18.0 Å². The minimum Gasteiger partial charge on any atom is -0.490 e. The topological polar surface area (TPSA) is 38.2 Å². The minimum atomic E-state index is 0.0155. The third-order valence-corrected chi connectivity index (χ3v) is 4.90. The molecule has 124 valence electrons. The van der Waals surface area contributed by atoms with Gasteiger partial charge >= 0.3 is 0 Å². The second-order valence-electron chi connectivity index (χ2n) is 7.27. The Morgan fingerprint density at radius 1 is 1.13 bits per heavy atom. The molecule has 2 heterocycles. The van der Waals surface area contributed by atoms with Crippen LogP contribution in [0.2, 0.25) is 0 Å². The van der Waals surface area contributed by atoms with E-state index >= 15 is 0 Å². The SMILES string of the molecule is Cc1ccc(OC2CCN(c3nc(C(C)(C)C)ns3)CC2)cc1. The molecule has 3 rings (SSSR count). The van der Waals surface area contributed by atoms with Crippen LogP contribution in [0.15, 0.2) is 24.3 Å². The largest absolute Gasteiger partial charge is 0.490 e. The molecule has 1 aliphatic heterocycles. The highest BCUT2D eigenvalue weighted by Gasteiger charge is 2.25. The number of benzene rings is 1. The van der Waals surface area contributed by atoms with Crippen molar-refractivity contribution in [2.24, 2.45) is 0 Å². The molecule has 0 amide bonds. The van der Waals surface area contributed by atoms with Gasteiger partial charge in [-0.05, 0) is 19.1 Å². The number of hydrogen-bond donors (Lipinski definition) is 0. The Bertz CT molecular complexity index is 637. The normalized spacial score (nSPS) is 16.6. The van der Waals surface area contributed by atoms with Crippen LogP contribution in [0.5, 0.6) is 5.75 Å². The van der Waals surface area contributed by atoms with Gasteiger partial charge in [-0.15, -0.1) is 0 Å². The predicted octanol–water partition coefficient (Wildman–Crippen LogP) is 4.19. The van der Waals surface area contributed by atoms with Crippen molar-refractivity contribution in [1.82, 2.24) is 9.36 Å². The van der Waals surface area contributed by atoms with Gasteiger partial charge in [-0.1, -0.05) is 38.5 Å². The van der Waals surface area contributed by atoms with Crippen LogP contribution < -0.4 is 9.64 Å². The Kier molecular flexibility index (Phi) is 4.57. The summed E-state index contributed by atoms with van der Waals surface area (Å²) in [5.74, 6) is 1.91. The van der Waals surface area contributed by atoms with Crippen molar-refractivity contribution < 1.29 is 4.74 Å². The molecular formula is C18H25N3OS. The maximum atomic E-state index is 6.09. The Balaban J connectivity index is 1.56. The molecule has 0 unspecified atom stereocenters. The molecule has 1 saturated heterocycles. The third kappa shape index (κ3) is 4.02. The van der Waals surface area contributed by atoms with E-state index in [0.717, 1.165) is 42.6 Å². The molecule has 1 aromatic carbocycles. The molecule has 0 N–H and O–H groups in total. The van der Waals surface area contributed by atoms with Crippen molar-refractivity contribution in [3.05, 3.63) is 35.7 Å². The summed E-state index contributed by atoms with van der Waals surface area (Å²) in [6.45, 7) is 10.5. The van der Waals surface area contributed by atoms with Crippen LogP contribution in [-0.2, 0) is 5.41 Å². The highest BCUT2D eigenvalue weighted by Crippen LogP contribution is 2.28. The second kappa shape index (κ2) is 6.48. The molecule has 0 bridgehead atoms. The number of aromatic nitrogens is 2. The molecular weight excluding hydrogens is 306 g/mol. The van der Waals surface area contributed by atoms with Gasteiger partial charge in [-0.3, -0.25) is 0 Å². The van der Waals surface area contributed by atoms with Crippen LogP contribution in [0, 0.1) is 6.92 Å². The van der Waals surface area contributed by atoms with E-state index in [1.54, 1.807) is 0 Å². The molecule has 4 nitrogen and oxygen atoms in total. The molecule has 0 radical (unpaired) electrons. The summed E-state index contributed by atoms with van der Waals surface area (Å²) in [5.41, 5.74) is 1.28. The van der Waals surface area contributed by atoms with E-state index in [1.807, 2.05) is 0 Å². The van der Waals surface area contributed by atoms with Crippen molar-refractivity contribution in [3.8, 4) is 5.75 Å². The Hall–Kier alpha value is -1.62. The molecule has 23 heavy (non-hydrogen) atoms. The Morgan fingerprint density at radius 2 is 1.78 bits per heavy atom. The van der Waals surface area contributed by atoms with Gasteiger partial charge in [-0.25, -0.2) is 4.98 Å². The third-order valence-electron chi connectivity index (χ3n) is 4.12. The average Bonchev–Trinajstić information content (AvgIpc) is 3.00. The monoisotopic (exact) mass is 331 g/mol. The number of ether oxygens (including phenoxy) is 1. The lowest BCUT2D eigenvalue weighted by molar-refractivity contribution is 0.171. The van der Waals surface area contributed by atoms with Crippen LogP contribution in [0.4, 0.5) is 5.13 Å². The van der Waals surface area contributed by atoms with E-state index in [4.69, 9.17) is 9.72 Å². The van der Waals surface area contributed by atoms with Crippen molar-refractivity contribution in [2.45, 2.75) is 52.1 Å². The number of nitrogens with zero attached hydrogens (tertiary/aromatic N) is 3. The van der Waals surface area contributed by atoms with Gasteiger partial charge in [-0.2, -0.15) is 4.37 Å². The summed E-state index contributed by atoms with van der Waals surface area (Å²) in [6, 6.07) is 8.31. The summed E-state index contributed by atoms with van der Waals surface area (Å²) < 4.78 is 10.6. The maximum absolute atomic E-state index is 6.09. The van der Waals surface area contributed by atoms with Crippen LogP contribution in [0.1, 0.15) is 45.0 Å². The molecule has 0 aliphatic carbocycles. The Morgan fingerprint density at radius 3 is 2.35 bits per heavy atom. The summed E-state index contributed by atoms with van der Waals surface area (Å²) in [7, 11) is 0. The molecule has 2 aromatic rings. The second-order valence-corrected chi connectivity index (χ2v) is 8.00. The predicted molar refractivity (Wildman–Crippen MR) is 95.7 cm³/mol. The molecule has 1 aliphatic rings. The first-order chi connectivity index (χ1) is 10.9. The van der Waals surface area contributed by atoms with E-state index in [1.165, 1.54) is 17.1 Å². The van der Waals surface area contributed by atoms with Gasteiger partial charge in [0.15, 0.2) is 0 Å². The highest BCUT2D eigenvalue weighted by atomic mass is 32.1. The summed E-state index contributed by atoms with van der Waals surface area (Å²) >= 11 is 1.51. The quantitative estimate of drug-likeness (QED) is 0.845. The maximum Gasteiger partial charge on any atom is 0.205 e. The lowest BCUT2D eigenvalue weighted by Crippen LogP contribution is -2.38. The van der Waals surface area contributed by atoms with Gasteiger partial charge in [0, 0.05) is 42.9 Å². The number of aryl methyl sites for hydroxylation is 1. The smallest absolute Gasteiger partial charge is 0.205 e. The fraction of sp³-hybridized carbons (Fsp3) is 0.556. The number of hydrogen-bond acceptors (Lipinski definition) is 5. The van der Waals surface area contributed by atoms with Crippen molar-refractivity contribution in [1.29, 1.82) is 0 Å². The van der Waals surface area contributed by atoms with E-state index in [0.29, 0.717) is 6.10 Å². The lowest BCUT2D eigenvalue weighted by Gasteiger charge is -2.31. The van der Waals surface area contributed by atoms with E-state index < -0.39 is 0 Å². The zero-order chi connectivity index (χ0) is 16.4. The molecule has 0 atom stereocenters. The van der Waals surface area contributed by atoms with Crippen molar-refractivity contribution in [3.63, 3.8) is 0 Å². The van der Waals surface area contributed by atoms with Gasteiger partial charge in [0.25, 0.3) is 0 Å². The minimum absolute atomic E-state index is 0.0155. The first-order valence-electron chi connectivity index (χ1n) is 8.24. The fourth-order valence-electron chi connectivity index (χ4n) is 2.62. The lowest BCUT2D eigenvalue weighted by atomic mass is 9.96. The van der Waals surface area contributed by atoms with E-state index in [9.17, 15) is 0 Å². The first-order valence-corrected chi connectivity index (χ1v) is 9.01. The fourth-order valence-corrected chi connectivity index (χ4v) is 3.53. The van der Waals surface area contributed by atoms with Crippen molar-refractivity contribution >= 4 is 16.7 Å². The average molecular weight is 331 g/mol. The van der Waals surface area contributed by atoms with Crippen LogP contribution in [0.25, 0.3) is 0 Å². The summed E-state index contributed by atoms with van der Waals surface area (Å²) in [6.07, 6.45) is 2.35. The standard InChI is InChI=1S/C18H25N3OS/c1-13-5-7-14(8-6-13)22-15-9-11-21(12-10-15)17-19-16(20-23-17)18(2,3)4/h5-8,15H,9-12H2,1-4H3. The van der Waals surface area contributed by atoms with E-state index in [-0.39, 0.29) is 5.41 Å². The van der Waals surface area contributed by atoms with Crippen LogP contribution >= 0.6 is 11.5 Å². The van der Waals surface area contributed by atoms with Crippen LogP contribution in [-0.4, -0.2) is 28.6 Å². The zero-order valence-electron chi connectivity index (χ0n) is 14.4. The number of anilines is 1. The molecule has 0 spiro atoms. The van der Waals surface area contributed by atoms with E-state index in [2.05, 4.69) is 61.2 Å². The number of piperidine rings is 1. The summed E-state index contributed by atoms with van der Waals surface area (Å²) in [4.78, 5) is 7.05. The zero-order valence-corrected chi connectivity index (χ0v) is 15.2. The molecule has 0 saturated carbocycles. The highest BCUT2D eigenvalue weighted by molar-refractivity contribution is 7.09. The van der Waals surface area contributed by atoms with Gasteiger partial charge in [0.2, 0.25) is 5.13 Å². The first kappa shape index (κ1) is 16.2. The Labute approximate surface area is 142 Å². The molecule has 1 fully saturated rings. The van der Waals surface area contributed by atoms with Crippen LogP contribution in [0.3, 0.4) is 0 Å². The summed E-state index contributed by atoms with van der Waals surface area (Å²) in [5, 5.41) is 1.05. The van der Waals surface area contributed by atoms with Gasteiger partial charge in [0.05, 0.1) is 0 Å². The van der Waals surface area contributed by atoms with Gasteiger partial charge < -0.3 is 9.64 Å². The molecule has 5 heteroatoms. The molecule has 1 aromatic heterocycles. The number of rotatable bonds is 3. The van der Waals surface area contributed by atoms with Gasteiger partial charge in [0.1, 0.15) is 17.7 Å².